The summed E-state index contributed by atoms with van der Waals surface area (Å²) < 4.78 is 39.1. The van der Waals surface area contributed by atoms with Crippen molar-refractivity contribution >= 4 is 27.3 Å². The van der Waals surface area contributed by atoms with E-state index in [-0.39, 0.29) is 35.2 Å². The van der Waals surface area contributed by atoms with Gasteiger partial charge < -0.3 is 4.90 Å². The number of carbonyl (C=O) groups is 1. The summed E-state index contributed by atoms with van der Waals surface area (Å²) in [6.45, 7) is 0.417. The number of carbonyl (C=O) groups excluding carboxylic acids is 1. The summed E-state index contributed by atoms with van der Waals surface area (Å²) in [7, 11) is -3.36. The molecule has 3 rings (SSSR count). The molecule has 1 saturated heterocycles. The Labute approximate surface area is 157 Å². The highest BCUT2D eigenvalue weighted by Crippen LogP contribution is 2.29. The normalized spacial score (nSPS) is 19.8. The Bertz CT molecular complexity index is 882. The van der Waals surface area contributed by atoms with Gasteiger partial charge in [-0.25, -0.2) is 12.8 Å². The molecule has 0 N–H and O–H groups in total. The Morgan fingerprint density at radius 3 is 2.54 bits per heavy atom. The summed E-state index contributed by atoms with van der Waals surface area (Å²) in [6.07, 6.45) is 0.144. The van der Waals surface area contributed by atoms with E-state index in [9.17, 15) is 17.6 Å². The number of nitrogens with zero attached hydrogens (tertiary/aromatic N) is 1. The molecule has 0 radical (unpaired) electrons. The summed E-state index contributed by atoms with van der Waals surface area (Å²) in [5.74, 6) is -0.958. The fourth-order valence-electron chi connectivity index (χ4n) is 3.20. The molecule has 1 aliphatic heterocycles. The minimum Gasteiger partial charge on any atom is -0.341 e. The molecule has 0 aromatic heterocycles. The maximum absolute atomic E-state index is 13.9. The van der Waals surface area contributed by atoms with E-state index in [1.807, 2.05) is 6.07 Å². The van der Waals surface area contributed by atoms with Gasteiger partial charge in [0.15, 0.2) is 9.84 Å². The van der Waals surface area contributed by atoms with Crippen LogP contribution in [0.3, 0.4) is 0 Å². The molecule has 1 amide bonds. The van der Waals surface area contributed by atoms with E-state index in [4.69, 9.17) is 11.6 Å². The summed E-state index contributed by atoms with van der Waals surface area (Å²) in [5, 5.41) is -0.429. The Kier molecular flexibility index (Phi) is 5.63. The zero-order valence-corrected chi connectivity index (χ0v) is 15.6. The lowest BCUT2D eigenvalue weighted by molar-refractivity contribution is -0.130. The predicted octanol–water partition coefficient (Wildman–Crippen LogP) is 3.41. The first-order valence-electron chi connectivity index (χ1n) is 8.35. The monoisotopic (exact) mass is 395 g/mol. The van der Waals surface area contributed by atoms with Gasteiger partial charge in [-0.1, -0.05) is 48.0 Å². The molecule has 4 nitrogen and oxygen atoms in total. The second-order valence-electron chi connectivity index (χ2n) is 6.31. The van der Waals surface area contributed by atoms with Gasteiger partial charge in [0.05, 0.1) is 17.4 Å². The molecule has 0 bridgehead atoms. The third-order valence-electron chi connectivity index (χ3n) is 4.65. The standard InChI is InChI=1S/C19H19ClFNO3S/c20-16-7-4-8-17(21)15(16)13-19(23)22-10-9-18(26(24,25)12-11-22)14-5-2-1-3-6-14/h1-8,18H,9-13H2. The fourth-order valence-corrected chi connectivity index (χ4v) is 5.23. The first-order chi connectivity index (χ1) is 12.4. The van der Waals surface area contributed by atoms with Gasteiger partial charge in [-0.3, -0.25) is 4.79 Å². The maximum atomic E-state index is 13.9. The van der Waals surface area contributed by atoms with Crippen molar-refractivity contribution in [3.05, 3.63) is 70.5 Å². The molecule has 1 aliphatic rings. The highest BCUT2D eigenvalue weighted by atomic mass is 35.5. The Balaban J connectivity index is 1.76. The molecule has 0 aliphatic carbocycles. The van der Waals surface area contributed by atoms with Gasteiger partial charge in [-0.2, -0.15) is 0 Å². The Morgan fingerprint density at radius 1 is 1.12 bits per heavy atom. The van der Waals surface area contributed by atoms with Gasteiger partial charge in [0.2, 0.25) is 5.91 Å². The van der Waals surface area contributed by atoms with Crippen molar-refractivity contribution in [2.24, 2.45) is 0 Å². The fraction of sp³-hybridized carbons (Fsp3) is 0.316. The van der Waals surface area contributed by atoms with Gasteiger partial charge in [-0.15, -0.1) is 0 Å². The van der Waals surface area contributed by atoms with Crippen molar-refractivity contribution in [2.45, 2.75) is 18.1 Å². The summed E-state index contributed by atoms with van der Waals surface area (Å²) in [6, 6.07) is 13.3. The molecule has 7 heteroatoms. The predicted molar refractivity (Wildman–Crippen MR) is 99.3 cm³/mol. The van der Waals surface area contributed by atoms with Crippen molar-refractivity contribution in [3.63, 3.8) is 0 Å². The second-order valence-corrected chi connectivity index (χ2v) is 9.02. The molecule has 0 saturated carbocycles. The molecule has 1 heterocycles. The molecule has 2 aromatic carbocycles. The van der Waals surface area contributed by atoms with E-state index >= 15 is 0 Å². The SMILES string of the molecule is O=C(Cc1c(F)cccc1Cl)N1CCC(c2ccccc2)S(=O)(=O)CC1. The lowest BCUT2D eigenvalue weighted by atomic mass is 10.1. The second kappa shape index (κ2) is 7.76. The minimum atomic E-state index is -3.36. The van der Waals surface area contributed by atoms with Gasteiger partial charge in [0.25, 0.3) is 0 Å². The highest BCUT2D eigenvalue weighted by molar-refractivity contribution is 7.91. The average Bonchev–Trinajstić information content (AvgIpc) is 2.77. The Hall–Kier alpha value is -1.92. The van der Waals surface area contributed by atoms with E-state index in [0.29, 0.717) is 13.0 Å². The molecule has 26 heavy (non-hydrogen) atoms. The number of amides is 1. The van der Waals surface area contributed by atoms with Crippen LogP contribution >= 0.6 is 11.6 Å². The first-order valence-corrected chi connectivity index (χ1v) is 10.4. The molecule has 1 atom stereocenters. The number of rotatable bonds is 3. The molecule has 1 fully saturated rings. The number of halogens is 2. The molecule has 2 aromatic rings. The van der Waals surface area contributed by atoms with Crippen LogP contribution in [0.5, 0.6) is 0 Å². The van der Waals surface area contributed by atoms with Crippen molar-refractivity contribution in [1.29, 1.82) is 0 Å². The molecular weight excluding hydrogens is 377 g/mol. The summed E-state index contributed by atoms with van der Waals surface area (Å²) in [4.78, 5) is 14.1. The number of hydrogen-bond acceptors (Lipinski definition) is 3. The van der Waals surface area contributed by atoms with Crippen LogP contribution < -0.4 is 0 Å². The summed E-state index contributed by atoms with van der Waals surface area (Å²) in [5.41, 5.74) is 0.879. The van der Waals surface area contributed by atoms with Crippen molar-refractivity contribution in [1.82, 2.24) is 4.90 Å². The van der Waals surface area contributed by atoms with E-state index in [1.54, 1.807) is 24.3 Å². The van der Waals surface area contributed by atoms with Crippen LogP contribution in [0.4, 0.5) is 4.39 Å². The van der Waals surface area contributed by atoms with Gasteiger partial charge in [0, 0.05) is 23.7 Å². The molecule has 1 unspecified atom stereocenters. The number of hydrogen-bond donors (Lipinski definition) is 0. The van der Waals surface area contributed by atoms with Crippen LogP contribution in [-0.2, 0) is 21.1 Å². The highest BCUT2D eigenvalue weighted by Gasteiger charge is 2.32. The Morgan fingerprint density at radius 2 is 1.85 bits per heavy atom. The largest absolute Gasteiger partial charge is 0.341 e. The molecule has 138 valence electrons. The van der Waals surface area contributed by atoms with Crippen LogP contribution in [-0.4, -0.2) is 38.1 Å². The van der Waals surface area contributed by atoms with Gasteiger partial charge in [-0.05, 0) is 24.1 Å². The van der Waals surface area contributed by atoms with Crippen molar-refractivity contribution < 1.29 is 17.6 Å². The minimum absolute atomic E-state index is 0.108. The van der Waals surface area contributed by atoms with Crippen molar-refractivity contribution in [3.8, 4) is 0 Å². The topological polar surface area (TPSA) is 54.5 Å². The zero-order chi connectivity index (χ0) is 18.7. The van der Waals surface area contributed by atoms with E-state index in [2.05, 4.69) is 0 Å². The maximum Gasteiger partial charge on any atom is 0.227 e. The summed E-state index contributed by atoms with van der Waals surface area (Å²) >= 11 is 5.99. The number of sulfone groups is 1. The molecule has 0 spiro atoms. The third kappa shape index (κ3) is 4.07. The van der Waals surface area contributed by atoms with Gasteiger partial charge >= 0.3 is 0 Å². The smallest absolute Gasteiger partial charge is 0.227 e. The van der Waals surface area contributed by atoms with Crippen LogP contribution in [0.2, 0.25) is 5.02 Å². The van der Waals surface area contributed by atoms with E-state index in [1.165, 1.54) is 23.1 Å². The first kappa shape index (κ1) is 18.9. The van der Waals surface area contributed by atoms with Crippen LogP contribution in [0, 0.1) is 5.82 Å². The van der Waals surface area contributed by atoms with E-state index in [0.717, 1.165) is 5.56 Å². The van der Waals surface area contributed by atoms with Crippen LogP contribution in [0.1, 0.15) is 22.8 Å². The lowest BCUT2D eigenvalue weighted by Gasteiger charge is -2.20. The average molecular weight is 396 g/mol. The van der Waals surface area contributed by atoms with E-state index < -0.39 is 20.9 Å². The number of benzene rings is 2. The van der Waals surface area contributed by atoms with Gasteiger partial charge in [0.1, 0.15) is 5.82 Å². The van der Waals surface area contributed by atoms with Crippen LogP contribution in [0.15, 0.2) is 48.5 Å². The zero-order valence-electron chi connectivity index (χ0n) is 14.1. The van der Waals surface area contributed by atoms with Crippen LogP contribution in [0.25, 0.3) is 0 Å². The molecular formula is C19H19ClFNO3S. The van der Waals surface area contributed by atoms with Crippen molar-refractivity contribution in [2.75, 3.05) is 18.8 Å². The lowest BCUT2D eigenvalue weighted by Crippen LogP contribution is -2.35. The third-order valence-corrected chi connectivity index (χ3v) is 7.13. The quantitative estimate of drug-likeness (QED) is 0.800.